The van der Waals surface area contributed by atoms with Gasteiger partial charge in [-0.1, -0.05) is 99.8 Å². The molecule has 0 heterocycles. The van der Waals surface area contributed by atoms with Gasteiger partial charge in [0.1, 0.15) is 5.75 Å². The molecular weight excluding hydrogens is 428 g/mol. The molecule has 0 N–H and O–H groups in total. The van der Waals surface area contributed by atoms with Crippen LogP contribution >= 0.6 is 0 Å². The quantitative estimate of drug-likeness (QED) is 0.324. The Balaban J connectivity index is 0.00000174. The summed E-state index contributed by atoms with van der Waals surface area (Å²) in [5, 5.41) is 0. The van der Waals surface area contributed by atoms with Crippen LogP contribution in [-0.4, -0.2) is 12.4 Å². The van der Waals surface area contributed by atoms with Crippen molar-refractivity contribution >= 4 is 0 Å². The van der Waals surface area contributed by atoms with Crippen LogP contribution in [0.25, 0.3) is 0 Å². The van der Waals surface area contributed by atoms with Crippen molar-refractivity contribution in [3.63, 3.8) is 0 Å². The van der Waals surface area contributed by atoms with Gasteiger partial charge in [0, 0.05) is 0 Å². The Hall–Kier alpha value is -1.80. The van der Waals surface area contributed by atoms with Gasteiger partial charge < -0.3 is 9.47 Å². The van der Waals surface area contributed by atoms with Gasteiger partial charge in [0.15, 0.2) is 6.29 Å². The van der Waals surface area contributed by atoms with E-state index in [4.69, 9.17) is 9.47 Å². The summed E-state index contributed by atoms with van der Waals surface area (Å²) < 4.78 is 12.5. The zero-order valence-electron chi connectivity index (χ0n) is 24.7. The van der Waals surface area contributed by atoms with E-state index >= 15 is 0 Å². The fourth-order valence-electron chi connectivity index (χ4n) is 4.05. The van der Waals surface area contributed by atoms with E-state index in [1.807, 2.05) is 39.0 Å². The molecule has 0 aromatic heterocycles. The molecule has 0 aliphatic heterocycles. The maximum atomic E-state index is 6.33. The van der Waals surface area contributed by atoms with E-state index in [-0.39, 0.29) is 12.4 Å². The molecule has 1 aromatic rings. The van der Waals surface area contributed by atoms with Crippen molar-refractivity contribution < 1.29 is 9.47 Å². The topological polar surface area (TPSA) is 18.5 Å². The average Bonchev–Trinajstić information content (AvgIpc) is 2.92. The van der Waals surface area contributed by atoms with Gasteiger partial charge in [-0.2, -0.15) is 0 Å². The van der Waals surface area contributed by atoms with Crippen LogP contribution in [0.3, 0.4) is 0 Å². The highest BCUT2D eigenvalue weighted by atomic mass is 16.7. The minimum absolute atomic E-state index is 0.00965. The molecule has 1 aromatic carbocycles. The first-order chi connectivity index (χ1) is 16.4. The van der Waals surface area contributed by atoms with E-state index in [9.17, 15) is 0 Å². The third-order valence-corrected chi connectivity index (χ3v) is 5.62. The summed E-state index contributed by atoms with van der Waals surface area (Å²) in [7, 11) is 0. The molecule has 1 aliphatic rings. The molecule has 0 bridgehead atoms. The largest absolute Gasteiger partial charge is 0.465 e. The molecule has 1 aliphatic carbocycles. The van der Waals surface area contributed by atoms with Gasteiger partial charge in [-0.3, -0.25) is 0 Å². The second-order valence-corrected chi connectivity index (χ2v) is 11.4. The van der Waals surface area contributed by atoms with E-state index in [0.29, 0.717) is 11.3 Å². The first-order valence-corrected chi connectivity index (χ1v) is 13.8. The smallest absolute Gasteiger partial charge is 0.197 e. The van der Waals surface area contributed by atoms with Crippen LogP contribution in [0.5, 0.6) is 5.75 Å². The highest BCUT2D eigenvalue weighted by molar-refractivity contribution is 5.35. The SMILES string of the molecule is C=CC1=C(C=C)C(OC(C)Oc2cccc(CCCC(C)(C)C)c2)CCC(C)C1.CC.CC(C)C. The lowest BCUT2D eigenvalue weighted by Crippen LogP contribution is -2.26. The van der Waals surface area contributed by atoms with Crippen LogP contribution in [-0.2, 0) is 11.2 Å². The molecule has 35 heavy (non-hydrogen) atoms. The molecule has 0 amide bonds. The molecule has 0 spiro atoms. The molecule has 200 valence electrons. The highest BCUT2D eigenvalue weighted by Crippen LogP contribution is 2.32. The minimum Gasteiger partial charge on any atom is -0.465 e. The third kappa shape index (κ3) is 15.0. The fourth-order valence-corrected chi connectivity index (χ4v) is 4.05. The fraction of sp³-hybridized carbons (Fsp3) is 0.636. The molecule has 3 unspecified atom stereocenters. The van der Waals surface area contributed by atoms with Crippen molar-refractivity contribution in [2.24, 2.45) is 17.3 Å². The van der Waals surface area contributed by atoms with Gasteiger partial charge in [0.25, 0.3) is 0 Å². The van der Waals surface area contributed by atoms with Gasteiger partial charge in [0.2, 0.25) is 0 Å². The van der Waals surface area contributed by atoms with E-state index in [1.54, 1.807) is 0 Å². The molecule has 0 saturated carbocycles. The van der Waals surface area contributed by atoms with Gasteiger partial charge in [-0.15, -0.1) is 0 Å². The van der Waals surface area contributed by atoms with E-state index in [1.165, 1.54) is 24.0 Å². The van der Waals surface area contributed by atoms with Crippen LogP contribution in [0.1, 0.15) is 107 Å². The Morgan fingerprint density at radius 3 is 2.20 bits per heavy atom. The predicted molar refractivity (Wildman–Crippen MR) is 156 cm³/mol. The number of hydrogen-bond acceptors (Lipinski definition) is 2. The number of ether oxygens (including phenoxy) is 2. The summed E-state index contributed by atoms with van der Waals surface area (Å²) >= 11 is 0. The minimum atomic E-state index is -0.320. The van der Waals surface area contributed by atoms with Gasteiger partial charge in [-0.05, 0) is 91.5 Å². The number of hydrogen-bond donors (Lipinski definition) is 0. The number of aryl methyl sites for hydroxylation is 1. The summed E-state index contributed by atoms with van der Waals surface area (Å²) in [5.41, 5.74) is 4.12. The molecule has 0 saturated heterocycles. The van der Waals surface area contributed by atoms with Gasteiger partial charge >= 0.3 is 0 Å². The van der Waals surface area contributed by atoms with E-state index in [0.717, 1.165) is 42.9 Å². The van der Waals surface area contributed by atoms with Crippen molar-refractivity contribution in [1.29, 1.82) is 0 Å². The average molecular weight is 485 g/mol. The molecule has 3 atom stereocenters. The maximum Gasteiger partial charge on any atom is 0.197 e. The number of benzene rings is 1. The summed E-state index contributed by atoms with van der Waals surface area (Å²) in [5.74, 6) is 2.34. The lowest BCUT2D eigenvalue weighted by atomic mass is 9.89. The summed E-state index contributed by atoms with van der Waals surface area (Å²) in [6.07, 6.45) is 10.2. The van der Waals surface area contributed by atoms with E-state index < -0.39 is 0 Å². The maximum absolute atomic E-state index is 6.33. The van der Waals surface area contributed by atoms with Crippen LogP contribution in [0.15, 0.2) is 60.7 Å². The van der Waals surface area contributed by atoms with E-state index in [2.05, 4.69) is 79.8 Å². The zero-order chi connectivity index (χ0) is 27.0. The van der Waals surface area contributed by atoms with Crippen molar-refractivity contribution in [2.45, 2.75) is 120 Å². The predicted octanol–water partition coefficient (Wildman–Crippen LogP) is 10.3. The van der Waals surface area contributed by atoms with Crippen LogP contribution in [0, 0.1) is 17.3 Å². The van der Waals surface area contributed by atoms with Crippen LogP contribution in [0.4, 0.5) is 0 Å². The molecular formula is C33H56O2. The summed E-state index contributed by atoms with van der Waals surface area (Å²) in [4.78, 5) is 0. The Bertz CT molecular complexity index is 748. The van der Waals surface area contributed by atoms with Crippen molar-refractivity contribution in [3.8, 4) is 5.75 Å². The number of allylic oxidation sites excluding steroid dienone is 2. The Kier molecular flexibility index (Phi) is 16.7. The second kappa shape index (κ2) is 17.6. The monoisotopic (exact) mass is 484 g/mol. The molecule has 0 radical (unpaired) electrons. The molecule has 2 nitrogen and oxygen atoms in total. The van der Waals surface area contributed by atoms with Gasteiger partial charge in [-0.25, -0.2) is 0 Å². The van der Waals surface area contributed by atoms with Crippen molar-refractivity contribution in [1.82, 2.24) is 0 Å². The lowest BCUT2D eigenvalue weighted by Gasteiger charge is -2.24. The van der Waals surface area contributed by atoms with Crippen LogP contribution in [0.2, 0.25) is 0 Å². The lowest BCUT2D eigenvalue weighted by molar-refractivity contribution is -0.0967. The van der Waals surface area contributed by atoms with Crippen LogP contribution < -0.4 is 4.74 Å². The Labute approximate surface area is 218 Å². The first-order valence-electron chi connectivity index (χ1n) is 13.8. The molecule has 2 heteroatoms. The second-order valence-electron chi connectivity index (χ2n) is 11.4. The first kappa shape index (κ1) is 33.2. The van der Waals surface area contributed by atoms with Crippen molar-refractivity contribution in [2.75, 3.05) is 0 Å². The van der Waals surface area contributed by atoms with Gasteiger partial charge in [0.05, 0.1) is 6.10 Å². The number of rotatable bonds is 9. The summed E-state index contributed by atoms with van der Waals surface area (Å²) in [6, 6.07) is 8.42. The zero-order valence-corrected chi connectivity index (χ0v) is 24.7. The third-order valence-electron chi connectivity index (χ3n) is 5.62. The standard InChI is InChI=1S/C27H40O2.C4H10.C2H6/c1-8-23-18-20(3)15-16-26(25(23)9-2)29-21(4)28-24-14-10-12-22(19-24)13-11-17-27(5,6)7;1-4(2)3;1-2/h8-10,12,14,19-21,26H,1-2,11,13,15-18H2,3-7H3;4H,1-3H3;1-2H3. The summed E-state index contributed by atoms with van der Waals surface area (Å²) in [6.45, 7) is 29.7. The Morgan fingerprint density at radius 1 is 1.03 bits per heavy atom. The Morgan fingerprint density at radius 2 is 1.66 bits per heavy atom. The van der Waals surface area contributed by atoms with Crippen molar-refractivity contribution in [3.05, 3.63) is 66.3 Å². The highest BCUT2D eigenvalue weighted by Gasteiger charge is 2.24. The molecule has 0 fully saturated rings. The normalized spacial score (nSPS) is 18.9. The molecule has 2 rings (SSSR count).